The molecule has 0 aromatic heterocycles. The van der Waals surface area contributed by atoms with Crippen molar-refractivity contribution in [2.24, 2.45) is 35.5 Å². The third kappa shape index (κ3) is 25.5. The van der Waals surface area contributed by atoms with Crippen LogP contribution in [0, 0.1) is 35.5 Å². The number of carbonyl (C=O) groups excluding carboxylic acids is 11. The van der Waals surface area contributed by atoms with Gasteiger partial charge in [0, 0.05) is 73.8 Å². The summed E-state index contributed by atoms with van der Waals surface area (Å²) in [6.45, 7) is 35.2. The fourth-order valence-electron chi connectivity index (χ4n) is 11.9. The number of aliphatic hydroxyl groups excluding tert-OH is 1. The first-order valence-electron chi connectivity index (χ1n) is 34.3. The third-order valence-corrected chi connectivity index (χ3v) is 19.1. The highest BCUT2D eigenvalue weighted by Crippen LogP contribution is 2.27. The van der Waals surface area contributed by atoms with Crippen LogP contribution < -0.4 is 21.3 Å². The molecular formula is C69H126N12O13S. The summed E-state index contributed by atoms with van der Waals surface area (Å²) >= 11 is 1.39. The molecular weight excluding hydrogens is 1240 g/mol. The van der Waals surface area contributed by atoms with Crippen LogP contribution in [0.2, 0.25) is 0 Å². The highest BCUT2D eigenvalue weighted by Gasteiger charge is 2.47. The number of rotatable bonds is 22. The number of hydrogen-bond acceptors (Lipinski definition) is 15. The number of hydrogen-bond donors (Lipinski definition) is 6. The van der Waals surface area contributed by atoms with Crippen molar-refractivity contribution in [3.05, 3.63) is 12.2 Å². The molecule has 0 saturated carbocycles. The van der Waals surface area contributed by atoms with E-state index in [-0.39, 0.29) is 62.0 Å². The van der Waals surface area contributed by atoms with Gasteiger partial charge in [-0.1, -0.05) is 109 Å². The first kappa shape index (κ1) is 87.2. The molecule has 1 aliphatic heterocycles. The summed E-state index contributed by atoms with van der Waals surface area (Å²) in [6.07, 6.45) is 2.37. The monoisotopic (exact) mass is 1360 g/mol. The zero-order valence-corrected chi connectivity index (χ0v) is 63.5. The Kier molecular flexibility index (Phi) is 36.8. The summed E-state index contributed by atoms with van der Waals surface area (Å²) in [5.74, 6) is -9.70. The number of amides is 11. The fraction of sp³-hybridized carbons (Fsp3) is 0.812. The number of nitrogens with zero attached hydrogens (tertiary/aromatic N) is 8. The van der Waals surface area contributed by atoms with E-state index in [1.165, 1.54) is 113 Å². The van der Waals surface area contributed by atoms with E-state index < -0.39 is 161 Å². The number of carbonyl (C=O) groups is 11. The molecule has 1 saturated heterocycles. The molecule has 0 spiro atoms. The summed E-state index contributed by atoms with van der Waals surface area (Å²) in [4.78, 5) is 175. The second kappa shape index (κ2) is 40.1. The van der Waals surface area contributed by atoms with Gasteiger partial charge in [-0.3, -0.25) is 52.7 Å². The molecule has 1 aliphatic rings. The van der Waals surface area contributed by atoms with E-state index in [0.717, 1.165) is 22.9 Å². The SMILES string of the molecule is CC=CC[C@@H](C)[C@@H](O)[C@H]1C(=O)N[C@@H](CC)C(=O)N(C)[C@H](CSCCN(CC)CC)C(=O)N(C)[C@@H](CC(C)(C)O)C(=O)N[C@@H](C(C)C)C(=O)N(C)[C@@H](CC(C)C)C(=O)N[C@@H](C)C(=O)N[C@H](C)C(=O)N(C)[C@@H](CC(C)C)C(=O)N(C)[C@@H](CC(C)C)C(=O)N(C)[C@@H](C(C)C)C(=O)N1C. The summed E-state index contributed by atoms with van der Waals surface area (Å²) in [6, 6.07) is -14.4. The van der Waals surface area contributed by atoms with Gasteiger partial charge < -0.3 is 70.7 Å². The molecule has 6 N–H and O–H groups in total. The molecule has 1 fully saturated rings. The molecule has 95 heavy (non-hydrogen) atoms. The van der Waals surface area contributed by atoms with Crippen molar-refractivity contribution in [3.63, 3.8) is 0 Å². The Morgan fingerprint density at radius 1 is 0.505 bits per heavy atom. The lowest BCUT2D eigenvalue weighted by molar-refractivity contribution is -0.157. The van der Waals surface area contributed by atoms with Gasteiger partial charge in [-0.05, 0) is 115 Å². The lowest BCUT2D eigenvalue weighted by Crippen LogP contribution is -2.64. The van der Waals surface area contributed by atoms with Crippen LogP contribution in [-0.2, 0) is 52.7 Å². The minimum Gasteiger partial charge on any atom is -0.390 e. The number of aliphatic hydroxyl groups is 2. The first-order valence-corrected chi connectivity index (χ1v) is 35.5. The predicted octanol–water partition coefficient (Wildman–Crippen LogP) is 3.83. The van der Waals surface area contributed by atoms with Crippen LogP contribution in [0.1, 0.15) is 170 Å². The molecule has 0 aromatic rings. The molecule has 0 aliphatic carbocycles. The van der Waals surface area contributed by atoms with Gasteiger partial charge in [-0.15, -0.1) is 0 Å². The number of nitrogens with one attached hydrogen (secondary N) is 4. The van der Waals surface area contributed by atoms with Gasteiger partial charge >= 0.3 is 0 Å². The largest absolute Gasteiger partial charge is 0.390 e. The Bertz CT molecular complexity index is 2580. The lowest BCUT2D eigenvalue weighted by atomic mass is 9.91. The maximum atomic E-state index is 15.4. The molecule has 25 nitrogen and oxygen atoms in total. The summed E-state index contributed by atoms with van der Waals surface area (Å²) in [7, 11) is 9.89. The minimum atomic E-state index is -1.66. The average Bonchev–Trinajstić information content (AvgIpc) is 0.810. The van der Waals surface area contributed by atoms with Gasteiger partial charge in [-0.25, -0.2) is 0 Å². The van der Waals surface area contributed by atoms with Crippen LogP contribution in [0.25, 0.3) is 0 Å². The predicted molar refractivity (Wildman–Crippen MR) is 374 cm³/mol. The molecule has 11 amide bonds. The molecule has 0 unspecified atom stereocenters. The Hall–Kier alpha value is -5.86. The van der Waals surface area contributed by atoms with Crippen molar-refractivity contribution < 1.29 is 63.0 Å². The van der Waals surface area contributed by atoms with E-state index in [4.69, 9.17) is 0 Å². The zero-order chi connectivity index (χ0) is 73.6. The molecule has 0 bridgehead atoms. The molecule has 0 radical (unpaired) electrons. The molecule has 1 rings (SSSR count). The van der Waals surface area contributed by atoms with E-state index >= 15 is 28.8 Å². The number of likely N-dealkylation sites (N-methyl/N-ethyl adjacent to an activating group) is 7. The lowest BCUT2D eigenvalue weighted by Gasteiger charge is -2.41. The molecule has 546 valence electrons. The summed E-state index contributed by atoms with van der Waals surface area (Å²) in [5, 5.41) is 34.8. The van der Waals surface area contributed by atoms with Crippen LogP contribution >= 0.6 is 11.8 Å². The number of allylic oxidation sites excluding steroid dienone is 2. The quantitative estimate of drug-likeness (QED) is 0.0663. The Labute approximate surface area is 574 Å². The zero-order valence-electron chi connectivity index (χ0n) is 62.7. The van der Waals surface area contributed by atoms with Crippen LogP contribution in [0.5, 0.6) is 0 Å². The van der Waals surface area contributed by atoms with Crippen molar-refractivity contribution in [1.29, 1.82) is 0 Å². The van der Waals surface area contributed by atoms with E-state index in [0.29, 0.717) is 12.3 Å². The molecule has 1 heterocycles. The van der Waals surface area contributed by atoms with E-state index in [2.05, 4.69) is 26.2 Å². The maximum Gasteiger partial charge on any atom is 0.246 e. The van der Waals surface area contributed by atoms with E-state index in [9.17, 15) is 34.2 Å². The highest BCUT2D eigenvalue weighted by molar-refractivity contribution is 7.99. The van der Waals surface area contributed by atoms with Gasteiger partial charge in [0.25, 0.3) is 0 Å². The van der Waals surface area contributed by atoms with Gasteiger partial charge in [0.15, 0.2) is 0 Å². The summed E-state index contributed by atoms with van der Waals surface area (Å²) in [5.41, 5.74) is -1.58. The Morgan fingerprint density at radius 2 is 0.937 bits per heavy atom. The van der Waals surface area contributed by atoms with Crippen molar-refractivity contribution >= 4 is 76.7 Å². The maximum absolute atomic E-state index is 15.4. The van der Waals surface area contributed by atoms with E-state index in [1.54, 1.807) is 54.5 Å². The van der Waals surface area contributed by atoms with Crippen LogP contribution in [0.15, 0.2) is 12.2 Å². The van der Waals surface area contributed by atoms with Crippen LogP contribution in [0.4, 0.5) is 0 Å². The smallest absolute Gasteiger partial charge is 0.246 e. The minimum absolute atomic E-state index is 0.0178. The van der Waals surface area contributed by atoms with Gasteiger partial charge in [0.2, 0.25) is 65.0 Å². The standard InChI is InChI=1S/C69H126N12O13S/c1-27-31-32-45(15)57(82)56-61(86)72-48(28-2)63(88)78(24)53(39-95-34-33-81(29-3)30-4)66(91)77(23)52(38-69(18,19)94)60(85)73-54(43(11)12)67(92)74(20)49(35-40(5)6)59(84)70-46(16)58(83)71-47(17)62(87)75(21)50(36-41(7)8)64(89)76(22)51(37-42(9)10)65(90)79(25)55(44(13)14)68(93)80(56)26/h27,31,40-57,82,94H,28-30,32-39H2,1-26H3,(H,70,84)(H,71,83)(H,72,86)(H,73,85)/t45-,46+,47-,48+,49+,50+,51+,52+,53-,54+,55+,56+,57-/m1/s1. The van der Waals surface area contributed by atoms with Crippen molar-refractivity contribution in [2.75, 3.05) is 80.5 Å². The topological polar surface area (TPSA) is 302 Å². The second-order valence-electron chi connectivity index (χ2n) is 28.8. The van der Waals surface area contributed by atoms with Crippen LogP contribution in [-0.4, -0.2) is 273 Å². The highest BCUT2D eigenvalue weighted by atomic mass is 32.2. The van der Waals surface area contributed by atoms with Gasteiger partial charge in [0.1, 0.15) is 66.5 Å². The number of thioether (sulfide) groups is 1. The van der Waals surface area contributed by atoms with Gasteiger partial charge in [0.05, 0.1) is 11.7 Å². The molecule has 26 heteroatoms. The second-order valence-corrected chi connectivity index (χ2v) is 29.9. The van der Waals surface area contributed by atoms with Crippen molar-refractivity contribution in [3.8, 4) is 0 Å². The van der Waals surface area contributed by atoms with Crippen LogP contribution in [0.3, 0.4) is 0 Å². The fourth-order valence-corrected chi connectivity index (χ4v) is 13.0. The first-order chi connectivity index (χ1) is 43.9. The molecule has 13 atom stereocenters. The molecule has 0 aromatic carbocycles. The summed E-state index contributed by atoms with van der Waals surface area (Å²) < 4.78 is 0. The van der Waals surface area contributed by atoms with Crippen molar-refractivity contribution in [2.45, 2.75) is 248 Å². The third-order valence-electron chi connectivity index (χ3n) is 18.1. The normalized spacial score (nSPS) is 26.3. The van der Waals surface area contributed by atoms with Crippen molar-refractivity contribution in [1.82, 2.24) is 60.5 Å². The Balaban J connectivity index is 4.59. The van der Waals surface area contributed by atoms with Gasteiger partial charge in [-0.2, -0.15) is 11.8 Å². The average molecular weight is 1360 g/mol. The Morgan fingerprint density at radius 3 is 1.40 bits per heavy atom. The van der Waals surface area contributed by atoms with E-state index in [1.807, 2.05) is 61.5 Å².